The molecule has 0 fully saturated rings. The minimum atomic E-state index is 0.322. The predicted octanol–water partition coefficient (Wildman–Crippen LogP) is 2.22. The molecule has 72 valence electrons. The van der Waals surface area contributed by atoms with E-state index < -0.39 is 0 Å². The lowest BCUT2D eigenvalue weighted by Crippen LogP contribution is -2.06. The summed E-state index contributed by atoms with van der Waals surface area (Å²) in [7, 11) is 1.72. The van der Waals surface area contributed by atoms with Crippen molar-refractivity contribution >= 4 is 0 Å². The fourth-order valence-electron chi connectivity index (χ4n) is 1.38. The molecule has 13 heavy (non-hydrogen) atoms. The van der Waals surface area contributed by atoms with Gasteiger partial charge in [-0.05, 0) is 30.0 Å². The summed E-state index contributed by atoms with van der Waals surface area (Å²) in [4.78, 5) is 0. The van der Waals surface area contributed by atoms with Crippen LogP contribution >= 0.6 is 0 Å². The smallest absolute Gasteiger partial charge is 0.115 e. The molecule has 0 amide bonds. The summed E-state index contributed by atoms with van der Waals surface area (Å²) in [6.45, 7) is 2.93. The lowest BCUT2D eigenvalue weighted by Gasteiger charge is -2.09. The van der Waals surface area contributed by atoms with Gasteiger partial charge in [-0.15, -0.1) is 0 Å². The van der Waals surface area contributed by atoms with Crippen molar-refractivity contribution in [3.8, 4) is 5.75 Å². The van der Waals surface area contributed by atoms with Crippen molar-refractivity contribution < 1.29 is 9.84 Å². The first-order chi connectivity index (χ1) is 6.22. The molecular formula is C11H16O2. The van der Waals surface area contributed by atoms with Crippen LogP contribution < -0.4 is 0 Å². The molecule has 0 saturated heterocycles. The second kappa shape index (κ2) is 4.87. The van der Waals surface area contributed by atoms with Crippen molar-refractivity contribution in [2.24, 2.45) is 5.92 Å². The average Bonchev–Trinajstić information content (AvgIpc) is 2.09. The minimum Gasteiger partial charge on any atom is -0.508 e. The Labute approximate surface area is 79.2 Å². The van der Waals surface area contributed by atoms with Gasteiger partial charge in [-0.2, -0.15) is 0 Å². The number of benzene rings is 1. The second-order valence-corrected chi connectivity index (χ2v) is 3.43. The molecule has 0 heterocycles. The third-order valence-corrected chi connectivity index (χ3v) is 1.97. The van der Waals surface area contributed by atoms with E-state index in [2.05, 4.69) is 6.92 Å². The molecule has 1 atom stereocenters. The van der Waals surface area contributed by atoms with Crippen LogP contribution in [0.2, 0.25) is 0 Å². The van der Waals surface area contributed by atoms with Crippen LogP contribution in [0.1, 0.15) is 12.5 Å². The van der Waals surface area contributed by atoms with Crippen LogP contribution in [0.5, 0.6) is 5.75 Å². The van der Waals surface area contributed by atoms with Crippen molar-refractivity contribution in [3.63, 3.8) is 0 Å². The predicted molar refractivity (Wildman–Crippen MR) is 52.9 cm³/mol. The Balaban J connectivity index is 2.49. The van der Waals surface area contributed by atoms with E-state index in [9.17, 15) is 0 Å². The molecule has 2 nitrogen and oxygen atoms in total. The standard InChI is InChI=1S/C11H16O2/c1-9(8-13-2)7-10-3-5-11(12)6-4-10/h3-6,9,12H,7-8H2,1-2H3. The molecule has 1 N–H and O–H groups in total. The van der Waals surface area contributed by atoms with Gasteiger partial charge < -0.3 is 9.84 Å². The Morgan fingerprint density at radius 2 is 1.92 bits per heavy atom. The van der Waals surface area contributed by atoms with E-state index in [1.54, 1.807) is 19.2 Å². The third kappa shape index (κ3) is 3.47. The van der Waals surface area contributed by atoms with Crippen molar-refractivity contribution in [2.45, 2.75) is 13.3 Å². The molecule has 0 spiro atoms. The Hall–Kier alpha value is -1.02. The van der Waals surface area contributed by atoms with E-state index in [1.165, 1.54) is 5.56 Å². The number of phenolic OH excluding ortho intramolecular Hbond substituents is 1. The molecule has 0 saturated carbocycles. The number of phenols is 1. The summed E-state index contributed by atoms with van der Waals surface area (Å²) >= 11 is 0. The fourth-order valence-corrected chi connectivity index (χ4v) is 1.38. The van der Waals surface area contributed by atoms with Gasteiger partial charge in [0.05, 0.1) is 0 Å². The molecule has 1 unspecified atom stereocenters. The van der Waals surface area contributed by atoms with Crippen LogP contribution in [0.4, 0.5) is 0 Å². The highest BCUT2D eigenvalue weighted by atomic mass is 16.5. The molecular weight excluding hydrogens is 164 g/mol. The Kier molecular flexibility index (Phi) is 3.77. The van der Waals surface area contributed by atoms with Crippen LogP contribution in [-0.2, 0) is 11.2 Å². The van der Waals surface area contributed by atoms with E-state index in [0.717, 1.165) is 13.0 Å². The molecule has 2 heteroatoms. The molecule has 0 aliphatic carbocycles. The number of methoxy groups -OCH3 is 1. The normalized spacial score (nSPS) is 12.8. The SMILES string of the molecule is COCC(C)Cc1ccc(O)cc1. The van der Waals surface area contributed by atoms with Gasteiger partial charge in [0, 0.05) is 13.7 Å². The zero-order chi connectivity index (χ0) is 9.68. The van der Waals surface area contributed by atoms with Gasteiger partial charge in [0.15, 0.2) is 0 Å². The highest BCUT2D eigenvalue weighted by Crippen LogP contribution is 2.13. The monoisotopic (exact) mass is 180 g/mol. The molecule has 0 bridgehead atoms. The second-order valence-electron chi connectivity index (χ2n) is 3.43. The summed E-state index contributed by atoms with van der Waals surface area (Å²) in [6, 6.07) is 7.33. The minimum absolute atomic E-state index is 0.322. The molecule has 1 aromatic carbocycles. The number of hydrogen-bond acceptors (Lipinski definition) is 2. The van der Waals surface area contributed by atoms with E-state index in [-0.39, 0.29) is 0 Å². The molecule has 1 aromatic rings. The van der Waals surface area contributed by atoms with Gasteiger partial charge >= 0.3 is 0 Å². The third-order valence-electron chi connectivity index (χ3n) is 1.97. The molecule has 0 aromatic heterocycles. The zero-order valence-corrected chi connectivity index (χ0v) is 8.16. The highest BCUT2D eigenvalue weighted by molar-refractivity contribution is 5.26. The maximum absolute atomic E-state index is 9.07. The van der Waals surface area contributed by atoms with Crippen molar-refractivity contribution in [2.75, 3.05) is 13.7 Å². The number of rotatable bonds is 4. The van der Waals surface area contributed by atoms with Crippen molar-refractivity contribution in [3.05, 3.63) is 29.8 Å². The Bertz CT molecular complexity index is 241. The maximum Gasteiger partial charge on any atom is 0.115 e. The van der Waals surface area contributed by atoms with E-state index >= 15 is 0 Å². The topological polar surface area (TPSA) is 29.5 Å². The Morgan fingerprint density at radius 1 is 1.31 bits per heavy atom. The number of aromatic hydroxyl groups is 1. The lowest BCUT2D eigenvalue weighted by molar-refractivity contribution is 0.159. The van der Waals surface area contributed by atoms with Gasteiger partial charge in [0.25, 0.3) is 0 Å². The summed E-state index contributed by atoms with van der Waals surface area (Å²) in [5, 5.41) is 9.07. The molecule has 1 rings (SSSR count). The summed E-state index contributed by atoms with van der Waals surface area (Å²) in [5.41, 5.74) is 1.24. The fraction of sp³-hybridized carbons (Fsp3) is 0.455. The van der Waals surface area contributed by atoms with Gasteiger partial charge in [-0.1, -0.05) is 19.1 Å². The first-order valence-corrected chi connectivity index (χ1v) is 4.49. The summed E-state index contributed by atoms with van der Waals surface area (Å²) < 4.78 is 5.05. The van der Waals surface area contributed by atoms with Crippen molar-refractivity contribution in [1.29, 1.82) is 0 Å². The first kappa shape index (κ1) is 10.1. The van der Waals surface area contributed by atoms with Crippen molar-refractivity contribution in [1.82, 2.24) is 0 Å². The van der Waals surface area contributed by atoms with Crippen LogP contribution in [0, 0.1) is 5.92 Å². The van der Waals surface area contributed by atoms with Crippen LogP contribution in [0.3, 0.4) is 0 Å². The Morgan fingerprint density at radius 3 is 2.46 bits per heavy atom. The van der Waals surface area contributed by atoms with Gasteiger partial charge in [0.1, 0.15) is 5.75 Å². The van der Waals surface area contributed by atoms with Crippen LogP contribution in [0.15, 0.2) is 24.3 Å². The van der Waals surface area contributed by atoms with Crippen LogP contribution in [0.25, 0.3) is 0 Å². The van der Waals surface area contributed by atoms with Gasteiger partial charge in [0.2, 0.25) is 0 Å². The molecule has 0 radical (unpaired) electrons. The molecule has 0 aliphatic heterocycles. The molecule has 0 aliphatic rings. The maximum atomic E-state index is 9.07. The van der Waals surface area contributed by atoms with Crippen LogP contribution in [-0.4, -0.2) is 18.8 Å². The largest absolute Gasteiger partial charge is 0.508 e. The van der Waals surface area contributed by atoms with Gasteiger partial charge in [-0.3, -0.25) is 0 Å². The summed E-state index contributed by atoms with van der Waals surface area (Å²) in [5.74, 6) is 0.845. The van der Waals surface area contributed by atoms with E-state index in [0.29, 0.717) is 11.7 Å². The van der Waals surface area contributed by atoms with E-state index in [1.807, 2.05) is 12.1 Å². The first-order valence-electron chi connectivity index (χ1n) is 4.49. The highest BCUT2D eigenvalue weighted by Gasteiger charge is 2.02. The average molecular weight is 180 g/mol. The lowest BCUT2D eigenvalue weighted by atomic mass is 10.0. The summed E-state index contributed by atoms with van der Waals surface area (Å²) in [6.07, 6.45) is 0.994. The zero-order valence-electron chi connectivity index (χ0n) is 8.16. The number of hydrogen-bond donors (Lipinski definition) is 1. The number of ether oxygens (including phenoxy) is 1. The van der Waals surface area contributed by atoms with Gasteiger partial charge in [-0.25, -0.2) is 0 Å². The quantitative estimate of drug-likeness (QED) is 0.769. The van der Waals surface area contributed by atoms with E-state index in [4.69, 9.17) is 9.84 Å².